The fourth-order valence-electron chi connectivity index (χ4n) is 4.44. The highest BCUT2D eigenvalue weighted by Gasteiger charge is 2.33. The molecule has 0 saturated carbocycles. The number of rotatable bonds is 4. The first-order valence-electron chi connectivity index (χ1n) is 9.66. The van der Waals surface area contributed by atoms with Gasteiger partial charge in [0, 0.05) is 56.9 Å². The maximum absolute atomic E-state index is 14.4. The highest BCUT2D eigenvalue weighted by molar-refractivity contribution is 6.04. The van der Waals surface area contributed by atoms with E-state index in [9.17, 15) is 14.3 Å². The van der Waals surface area contributed by atoms with Gasteiger partial charge in [-0.3, -0.25) is 0 Å². The molecule has 4 N–H and O–H groups in total. The quantitative estimate of drug-likeness (QED) is 0.306. The van der Waals surface area contributed by atoms with Crippen molar-refractivity contribution in [2.75, 3.05) is 0 Å². The third kappa shape index (κ3) is 2.57. The molecule has 0 amide bonds. The second kappa shape index (κ2) is 6.35. The zero-order valence-electron chi connectivity index (χ0n) is 16.5. The first-order chi connectivity index (χ1) is 14.4. The minimum Gasteiger partial charge on any atom is -0.477 e. The van der Waals surface area contributed by atoms with Gasteiger partial charge in [-0.25, -0.2) is 9.18 Å². The number of H-pyrrole nitrogens is 3. The zero-order valence-corrected chi connectivity index (χ0v) is 16.5. The molecule has 6 heteroatoms. The van der Waals surface area contributed by atoms with E-state index in [1.807, 2.05) is 50.4 Å². The van der Waals surface area contributed by atoms with Gasteiger partial charge < -0.3 is 20.1 Å². The molecule has 0 spiro atoms. The van der Waals surface area contributed by atoms with Crippen LogP contribution >= 0.6 is 0 Å². The van der Waals surface area contributed by atoms with Gasteiger partial charge in [0.1, 0.15) is 11.5 Å². The van der Waals surface area contributed by atoms with Crippen molar-refractivity contribution in [1.29, 1.82) is 0 Å². The van der Waals surface area contributed by atoms with Crippen LogP contribution in [0.3, 0.4) is 0 Å². The summed E-state index contributed by atoms with van der Waals surface area (Å²) in [5, 5.41) is 11.7. The summed E-state index contributed by atoms with van der Waals surface area (Å²) in [6.07, 6.45) is 5.34. The summed E-state index contributed by atoms with van der Waals surface area (Å²) in [6.45, 7) is 3.97. The number of fused-ring (bicyclic) bond motifs is 2. The van der Waals surface area contributed by atoms with Gasteiger partial charge in [-0.1, -0.05) is 32.0 Å². The number of nitrogens with one attached hydrogen (secondary N) is 3. The maximum Gasteiger partial charge on any atom is 0.352 e. The molecule has 0 aliphatic carbocycles. The molecule has 0 aliphatic rings. The van der Waals surface area contributed by atoms with Crippen molar-refractivity contribution >= 4 is 27.8 Å². The van der Waals surface area contributed by atoms with Crippen LogP contribution in [0.1, 0.15) is 35.5 Å². The van der Waals surface area contributed by atoms with Crippen LogP contribution < -0.4 is 0 Å². The smallest absolute Gasteiger partial charge is 0.352 e. The molecule has 5 rings (SSSR count). The summed E-state index contributed by atoms with van der Waals surface area (Å²) in [6, 6.07) is 12.7. The van der Waals surface area contributed by atoms with Crippen molar-refractivity contribution in [2.45, 2.75) is 19.3 Å². The van der Waals surface area contributed by atoms with E-state index in [2.05, 4.69) is 15.0 Å². The Hall–Kier alpha value is -3.80. The van der Waals surface area contributed by atoms with Crippen LogP contribution in [0, 0.1) is 5.82 Å². The molecule has 0 bridgehead atoms. The van der Waals surface area contributed by atoms with Crippen molar-refractivity contribution < 1.29 is 14.3 Å². The Bertz CT molecular complexity index is 1420. The average molecular weight is 401 g/mol. The van der Waals surface area contributed by atoms with E-state index in [0.29, 0.717) is 11.1 Å². The monoisotopic (exact) mass is 401 g/mol. The van der Waals surface area contributed by atoms with E-state index in [1.54, 1.807) is 12.4 Å². The van der Waals surface area contributed by atoms with E-state index in [4.69, 9.17) is 0 Å². The molecule has 3 aromatic heterocycles. The minimum absolute atomic E-state index is 0.115. The van der Waals surface area contributed by atoms with Crippen LogP contribution in [0.5, 0.6) is 0 Å². The summed E-state index contributed by atoms with van der Waals surface area (Å²) >= 11 is 0. The van der Waals surface area contributed by atoms with Crippen LogP contribution in [0.25, 0.3) is 32.9 Å². The van der Waals surface area contributed by atoms with Gasteiger partial charge in [0.05, 0.1) is 0 Å². The maximum atomic E-state index is 14.4. The number of hydrogen-bond donors (Lipinski definition) is 4. The fourth-order valence-corrected chi connectivity index (χ4v) is 4.44. The molecular formula is C24H20FN3O2. The van der Waals surface area contributed by atoms with Crippen LogP contribution in [0.4, 0.5) is 4.39 Å². The summed E-state index contributed by atoms with van der Waals surface area (Å²) in [4.78, 5) is 21.3. The van der Waals surface area contributed by atoms with E-state index in [-0.39, 0.29) is 11.5 Å². The molecule has 0 saturated heterocycles. The van der Waals surface area contributed by atoms with Gasteiger partial charge in [0.2, 0.25) is 0 Å². The van der Waals surface area contributed by atoms with E-state index in [1.165, 1.54) is 12.1 Å². The predicted octanol–water partition coefficient (Wildman–Crippen LogP) is 5.81. The Kier molecular flexibility index (Phi) is 3.86. The summed E-state index contributed by atoms with van der Waals surface area (Å²) in [7, 11) is 0. The van der Waals surface area contributed by atoms with Gasteiger partial charge in [0.15, 0.2) is 0 Å². The minimum atomic E-state index is -1.04. The molecule has 0 unspecified atom stereocenters. The van der Waals surface area contributed by atoms with Gasteiger partial charge in [-0.15, -0.1) is 0 Å². The second-order valence-corrected chi connectivity index (χ2v) is 8.02. The topological polar surface area (TPSA) is 84.7 Å². The first kappa shape index (κ1) is 18.2. The number of benzene rings is 2. The van der Waals surface area contributed by atoms with Crippen LogP contribution in [0.2, 0.25) is 0 Å². The fraction of sp³-hybridized carbons (Fsp3) is 0.125. The summed E-state index contributed by atoms with van der Waals surface area (Å²) in [5.74, 6) is -1.38. The summed E-state index contributed by atoms with van der Waals surface area (Å²) in [5.41, 5.74) is 4.07. The van der Waals surface area contributed by atoms with Crippen molar-refractivity contribution in [3.63, 3.8) is 0 Å². The highest BCUT2D eigenvalue weighted by atomic mass is 19.1. The number of carboxylic acid groups (broad SMARTS) is 1. The van der Waals surface area contributed by atoms with Crippen LogP contribution in [-0.4, -0.2) is 26.0 Å². The highest BCUT2D eigenvalue weighted by Crippen LogP contribution is 2.44. The Morgan fingerprint density at radius 1 is 0.933 bits per heavy atom. The normalized spacial score (nSPS) is 12.1. The van der Waals surface area contributed by atoms with Gasteiger partial charge in [-0.2, -0.15) is 0 Å². The molecule has 2 aromatic carbocycles. The molecule has 5 nitrogen and oxygen atoms in total. The van der Waals surface area contributed by atoms with Gasteiger partial charge in [-0.05, 0) is 35.4 Å². The van der Waals surface area contributed by atoms with Gasteiger partial charge >= 0.3 is 5.97 Å². The van der Waals surface area contributed by atoms with Crippen molar-refractivity contribution in [2.24, 2.45) is 0 Å². The van der Waals surface area contributed by atoms with Crippen molar-refractivity contribution in [1.82, 2.24) is 15.0 Å². The van der Waals surface area contributed by atoms with E-state index < -0.39 is 11.4 Å². The number of para-hydroxylation sites is 1. The standard InChI is InChI=1S/C24H20FN3O2/c1-24(2,17-9-13(25)10-20-15(17)7-8-26-20)18-12-28-22(23(29)30)21(18)16-11-27-19-6-4-3-5-14(16)19/h3-12,26-28H,1-2H3,(H,29,30). The molecule has 150 valence electrons. The lowest BCUT2D eigenvalue weighted by atomic mass is 9.75. The number of carboxylic acids is 1. The third-order valence-corrected chi connectivity index (χ3v) is 5.93. The lowest BCUT2D eigenvalue weighted by molar-refractivity contribution is 0.0692. The third-order valence-electron chi connectivity index (χ3n) is 5.93. The van der Waals surface area contributed by atoms with E-state index >= 15 is 0 Å². The second-order valence-electron chi connectivity index (χ2n) is 8.02. The number of hydrogen-bond acceptors (Lipinski definition) is 1. The molecule has 0 fully saturated rings. The largest absolute Gasteiger partial charge is 0.477 e. The number of aromatic amines is 3. The predicted molar refractivity (Wildman–Crippen MR) is 115 cm³/mol. The molecular weight excluding hydrogens is 381 g/mol. The number of aromatic nitrogens is 3. The SMILES string of the molecule is CC(C)(c1c[nH]c(C(=O)O)c1-c1c[nH]c2ccccc12)c1cc(F)cc2[nH]ccc12. The zero-order chi connectivity index (χ0) is 21.0. The first-order valence-corrected chi connectivity index (χ1v) is 9.66. The van der Waals surface area contributed by atoms with Crippen molar-refractivity contribution in [3.05, 3.63) is 83.7 Å². The molecule has 0 radical (unpaired) electrons. The number of halogens is 1. The average Bonchev–Trinajstić information content (AvgIpc) is 3.43. The molecule has 30 heavy (non-hydrogen) atoms. The lowest BCUT2D eigenvalue weighted by Crippen LogP contribution is -2.20. The lowest BCUT2D eigenvalue weighted by Gasteiger charge is -2.27. The molecule has 3 heterocycles. The van der Waals surface area contributed by atoms with Crippen molar-refractivity contribution in [3.8, 4) is 11.1 Å². The Balaban J connectivity index is 1.81. The number of aromatic carboxylic acids is 1. The summed E-state index contributed by atoms with van der Waals surface area (Å²) < 4.78 is 14.4. The Morgan fingerprint density at radius 3 is 2.53 bits per heavy atom. The Morgan fingerprint density at radius 2 is 1.73 bits per heavy atom. The molecule has 0 atom stereocenters. The molecule has 0 aliphatic heterocycles. The van der Waals surface area contributed by atoms with Crippen LogP contribution in [0.15, 0.2) is 61.1 Å². The number of carbonyl (C=O) groups is 1. The van der Waals surface area contributed by atoms with Crippen LogP contribution in [-0.2, 0) is 5.41 Å². The Labute approximate surface area is 171 Å². The molecule has 5 aromatic rings. The van der Waals surface area contributed by atoms with Gasteiger partial charge in [0.25, 0.3) is 0 Å². The van der Waals surface area contributed by atoms with E-state index in [0.717, 1.165) is 33.0 Å².